The Morgan fingerprint density at radius 3 is 2.47 bits per heavy atom. The van der Waals surface area contributed by atoms with Crippen molar-refractivity contribution in [2.24, 2.45) is 0 Å². The number of imidazole rings is 1. The minimum absolute atomic E-state index is 0.0390. The summed E-state index contributed by atoms with van der Waals surface area (Å²) in [6.07, 6.45) is 0. The van der Waals surface area contributed by atoms with E-state index in [4.69, 9.17) is 5.73 Å². The van der Waals surface area contributed by atoms with E-state index >= 15 is 0 Å². The van der Waals surface area contributed by atoms with Gasteiger partial charge in [0.25, 0.3) is 0 Å². The lowest BCUT2D eigenvalue weighted by Crippen LogP contribution is -2.05. The van der Waals surface area contributed by atoms with Crippen LogP contribution in [0.1, 0.15) is 0 Å². The van der Waals surface area contributed by atoms with E-state index in [0.717, 1.165) is 4.47 Å². The second-order valence-electron chi connectivity index (χ2n) is 4.01. The summed E-state index contributed by atoms with van der Waals surface area (Å²) in [5.41, 5.74) is 6.67. The molecule has 0 aliphatic heterocycles. The number of hydrogen-bond acceptors (Lipinski definition) is 2. The van der Waals surface area contributed by atoms with Gasteiger partial charge in [0.05, 0.1) is 11.0 Å². The van der Waals surface area contributed by atoms with Crippen LogP contribution in [-0.2, 0) is 0 Å². The normalized spacial score (nSPS) is 11.1. The summed E-state index contributed by atoms with van der Waals surface area (Å²) in [5, 5.41) is 0. The average molecular weight is 324 g/mol. The maximum absolute atomic E-state index is 13.8. The van der Waals surface area contributed by atoms with Crippen LogP contribution in [-0.4, -0.2) is 9.55 Å². The minimum Gasteiger partial charge on any atom is -0.369 e. The molecule has 0 amide bonds. The number of aromatic nitrogens is 2. The van der Waals surface area contributed by atoms with Gasteiger partial charge in [-0.05, 0) is 30.3 Å². The molecule has 1 heterocycles. The lowest BCUT2D eigenvalue weighted by Gasteiger charge is -2.08. The Labute approximate surface area is 115 Å². The molecule has 19 heavy (non-hydrogen) atoms. The Balaban J connectivity index is 2.40. The van der Waals surface area contributed by atoms with Crippen LogP contribution in [0, 0.1) is 11.6 Å². The quantitative estimate of drug-likeness (QED) is 0.742. The molecule has 3 rings (SSSR count). The summed E-state index contributed by atoms with van der Waals surface area (Å²) >= 11 is 3.31. The lowest BCUT2D eigenvalue weighted by atomic mass is 10.2. The molecule has 0 aliphatic rings. The molecule has 1 aromatic heterocycles. The molecular weight excluding hydrogens is 316 g/mol. The molecule has 0 fully saturated rings. The fraction of sp³-hybridized carbons (Fsp3) is 0. The third kappa shape index (κ3) is 1.88. The van der Waals surface area contributed by atoms with Gasteiger partial charge in [-0.1, -0.05) is 22.0 Å². The van der Waals surface area contributed by atoms with E-state index in [-0.39, 0.29) is 11.6 Å². The van der Waals surface area contributed by atoms with Gasteiger partial charge in [0.15, 0.2) is 0 Å². The Kier molecular flexibility index (Phi) is 2.74. The number of anilines is 1. The minimum atomic E-state index is -0.686. The number of halogens is 3. The second-order valence-corrected chi connectivity index (χ2v) is 4.92. The van der Waals surface area contributed by atoms with Gasteiger partial charge in [-0.15, -0.1) is 0 Å². The molecule has 3 aromatic rings. The fourth-order valence-electron chi connectivity index (χ4n) is 2.01. The van der Waals surface area contributed by atoms with E-state index in [1.54, 1.807) is 18.2 Å². The summed E-state index contributed by atoms with van der Waals surface area (Å²) in [6.45, 7) is 0. The van der Waals surface area contributed by atoms with Crippen molar-refractivity contribution < 1.29 is 8.78 Å². The predicted octanol–water partition coefficient (Wildman–Crippen LogP) is 3.65. The highest BCUT2D eigenvalue weighted by Gasteiger charge is 2.17. The third-order valence-corrected chi connectivity index (χ3v) is 3.30. The number of nitrogens with two attached hydrogens (primary N) is 1. The summed E-state index contributed by atoms with van der Waals surface area (Å²) in [7, 11) is 0. The van der Waals surface area contributed by atoms with Crippen LogP contribution < -0.4 is 5.73 Å². The van der Waals surface area contributed by atoms with Crippen molar-refractivity contribution in [1.82, 2.24) is 9.55 Å². The summed E-state index contributed by atoms with van der Waals surface area (Å²) in [6, 6.07) is 8.87. The molecule has 0 unspecified atom stereocenters. The number of para-hydroxylation sites is 1. The van der Waals surface area contributed by atoms with Gasteiger partial charge >= 0.3 is 0 Å². The molecule has 96 valence electrons. The molecule has 6 heteroatoms. The van der Waals surface area contributed by atoms with Crippen molar-refractivity contribution in [2.75, 3.05) is 5.73 Å². The molecule has 0 bridgehead atoms. The number of benzene rings is 2. The van der Waals surface area contributed by atoms with Crippen LogP contribution in [0.15, 0.2) is 40.9 Å². The van der Waals surface area contributed by atoms with E-state index in [9.17, 15) is 8.78 Å². The Bertz CT molecular complexity index is 763. The number of hydrogen-bond donors (Lipinski definition) is 1. The molecule has 0 aliphatic carbocycles. The molecule has 0 radical (unpaired) electrons. The van der Waals surface area contributed by atoms with E-state index in [1.807, 2.05) is 0 Å². The van der Waals surface area contributed by atoms with Crippen molar-refractivity contribution in [3.8, 4) is 5.69 Å². The summed E-state index contributed by atoms with van der Waals surface area (Å²) in [4.78, 5) is 4.11. The zero-order valence-electron chi connectivity index (χ0n) is 9.57. The molecule has 0 saturated carbocycles. The van der Waals surface area contributed by atoms with Crippen molar-refractivity contribution in [1.29, 1.82) is 0 Å². The number of fused-ring (bicyclic) bond motifs is 1. The number of rotatable bonds is 1. The summed E-state index contributed by atoms with van der Waals surface area (Å²) in [5.74, 6) is -1.33. The highest BCUT2D eigenvalue weighted by Crippen LogP contribution is 2.28. The average Bonchev–Trinajstić information content (AvgIpc) is 2.65. The number of nitrogen functional groups attached to an aromatic ring is 1. The second kappa shape index (κ2) is 4.31. The molecule has 0 saturated heterocycles. The fourth-order valence-corrected chi connectivity index (χ4v) is 2.36. The maximum Gasteiger partial charge on any atom is 0.206 e. The zero-order chi connectivity index (χ0) is 13.6. The lowest BCUT2D eigenvalue weighted by molar-refractivity contribution is 0.572. The van der Waals surface area contributed by atoms with E-state index in [0.29, 0.717) is 11.0 Å². The Morgan fingerprint density at radius 2 is 1.79 bits per heavy atom. The van der Waals surface area contributed by atoms with E-state index in [1.165, 1.54) is 22.8 Å². The smallest absolute Gasteiger partial charge is 0.206 e. The first-order chi connectivity index (χ1) is 9.08. The predicted molar refractivity (Wildman–Crippen MR) is 73.1 cm³/mol. The van der Waals surface area contributed by atoms with Gasteiger partial charge in [0.2, 0.25) is 5.95 Å². The van der Waals surface area contributed by atoms with Crippen molar-refractivity contribution in [3.63, 3.8) is 0 Å². The van der Waals surface area contributed by atoms with E-state index < -0.39 is 11.6 Å². The standard InChI is InChI=1S/C13H8BrF2N3/c14-7-4-5-11-10(6-7)18-13(17)19(11)12-8(15)2-1-3-9(12)16/h1-6H,(H2,17,18). The Morgan fingerprint density at radius 1 is 1.11 bits per heavy atom. The van der Waals surface area contributed by atoms with Crippen molar-refractivity contribution in [2.45, 2.75) is 0 Å². The largest absolute Gasteiger partial charge is 0.369 e. The van der Waals surface area contributed by atoms with Gasteiger partial charge in [0.1, 0.15) is 17.3 Å². The Hall–Kier alpha value is -1.95. The third-order valence-electron chi connectivity index (χ3n) is 2.80. The van der Waals surface area contributed by atoms with Crippen LogP contribution in [0.2, 0.25) is 0 Å². The van der Waals surface area contributed by atoms with Gasteiger partial charge in [0, 0.05) is 4.47 Å². The first-order valence-corrected chi connectivity index (χ1v) is 6.25. The number of nitrogens with zero attached hydrogens (tertiary/aromatic N) is 2. The van der Waals surface area contributed by atoms with Gasteiger partial charge in [-0.3, -0.25) is 4.57 Å². The van der Waals surface area contributed by atoms with Gasteiger partial charge < -0.3 is 5.73 Å². The van der Waals surface area contributed by atoms with Crippen LogP contribution in [0.3, 0.4) is 0 Å². The highest BCUT2D eigenvalue weighted by atomic mass is 79.9. The first kappa shape index (κ1) is 12.1. The van der Waals surface area contributed by atoms with Crippen molar-refractivity contribution in [3.05, 3.63) is 52.5 Å². The van der Waals surface area contributed by atoms with Crippen LogP contribution in [0.5, 0.6) is 0 Å². The molecule has 2 aromatic carbocycles. The van der Waals surface area contributed by atoms with Crippen LogP contribution in [0.4, 0.5) is 14.7 Å². The molecule has 2 N–H and O–H groups in total. The molecule has 0 spiro atoms. The molecular formula is C13H8BrF2N3. The van der Waals surface area contributed by atoms with Gasteiger partial charge in [-0.2, -0.15) is 0 Å². The summed E-state index contributed by atoms with van der Waals surface area (Å²) < 4.78 is 29.8. The van der Waals surface area contributed by atoms with Crippen molar-refractivity contribution >= 4 is 32.9 Å². The van der Waals surface area contributed by atoms with E-state index in [2.05, 4.69) is 20.9 Å². The SMILES string of the molecule is Nc1nc2cc(Br)ccc2n1-c1c(F)cccc1F. The van der Waals surface area contributed by atoms with Gasteiger partial charge in [-0.25, -0.2) is 13.8 Å². The maximum atomic E-state index is 13.8. The highest BCUT2D eigenvalue weighted by molar-refractivity contribution is 9.10. The first-order valence-electron chi connectivity index (χ1n) is 5.46. The van der Waals surface area contributed by atoms with Crippen LogP contribution in [0.25, 0.3) is 16.7 Å². The van der Waals surface area contributed by atoms with Crippen LogP contribution >= 0.6 is 15.9 Å². The molecule has 0 atom stereocenters. The molecule has 3 nitrogen and oxygen atoms in total. The zero-order valence-corrected chi connectivity index (χ0v) is 11.2. The monoisotopic (exact) mass is 323 g/mol. The topological polar surface area (TPSA) is 43.8 Å².